The van der Waals surface area contributed by atoms with E-state index in [1.807, 2.05) is 6.92 Å². The monoisotopic (exact) mass is 213 g/mol. The van der Waals surface area contributed by atoms with Gasteiger partial charge in [-0.3, -0.25) is 0 Å². The summed E-state index contributed by atoms with van der Waals surface area (Å²) in [6, 6.07) is 3.33. The van der Waals surface area contributed by atoms with Crippen molar-refractivity contribution in [2.75, 3.05) is 11.9 Å². The molecule has 0 aromatic heterocycles. The second kappa shape index (κ2) is 5.01. The van der Waals surface area contributed by atoms with Crippen molar-refractivity contribution in [1.82, 2.24) is 0 Å². The van der Waals surface area contributed by atoms with Gasteiger partial charge in [0.2, 0.25) is 0 Å². The first-order chi connectivity index (χ1) is 6.65. The Morgan fingerprint density at radius 2 is 2.07 bits per heavy atom. The predicted molar refractivity (Wildman–Crippen MR) is 59.4 cm³/mol. The lowest BCUT2D eigenvalue weighted by atomic mass is 10.1. The summed E-state index contributed by atoms with van der Waals surface area (Å²) < 4.78 is 13.1. The standard InChI is InChI=1S/C11H13ClFN/c1-8-7-11(14-5-3-4-12)9(2)6-10(8)13/h3-4,6-7,14H,5H2,1-2H3/b4-3+. The fourth-order valence-electron chi connectivity index (χ4n) is 1.18. The van der Waals surface area contributed by atoms with Gasteiger partial charge in [-0.05, 0) is 37.1 Å². The van der Waals surface area contributed by atoms with Crippen molar-refractivity contribution in [3.8, 4) is 0 Å². The lowest BCUT2D eigenvalue weighted by Gasteiger charge is -2.09. The minimum absolute atomic E-state index is 0.166. The zero-order chi connectivity index (χ0) is 10.6. The van der Waals surface area contributed by atoms with Gasteiger partial charge in [0.05, 0.1) is 0 Å². The number of hydrogen-bond acceptors (Lipinski definition) is 1. The topological polar surface area (TPSA) is 12.0 Å². The Balaban J connectivity index is 2.81. The van der Waals surface area contributed by atoms with Gasteiger partial charge in [-0.1, -0.05) is 17.7 Å². The second-order valence-electron chi connectivity index (χ2n) is 3.16. The van der Waals surface area contributed by atoms with Crippen molar-refractivity contribution in [1.29, 1.82) is 0 Å². The second-order valence-corrected chi connectivity index (χ2v) is 3.41. The summed E-state index contributed by atoms with van der Waals surface area (Å²) in [7, 11) is 0. The Bertz CT molecular complexity index is 347. The summed E-state index contributed by atoms with van der Waals surface area (Å²) in [5.41, 5.74) is 3.95. The first-order valence-corrected chi connectivity index (χ1v) is 4.84. The third-order valence-electron chi connectivity index (χ3n) is 2.01. The van der Waals surface area contributed by atoms with Crippen LogP contribution in [0.3, 0.4) is 0 Å². The molecule has 0 bridgehead atoms. The molecule has 0 spiro atoms. The molecule has 0 fully saturated rings. The molecule has 3 heteroatoms. The Morgan fingerprint density at radius 1 is 1.36 bits per heavy atom. The van der Waals surface area contributed by atoms with Crippen LogP contribution in [0.15, 0.2) is 23.7 Å². The summed E-state index contributed by atoms with van der Waals surface area (Å²) in [6.45, 7) is 4.27. The molecule has 0 aliphatic heterocycles. The zero-order valence-corrected chi connectivity index (χ0v) is 9.03. The van der Waals surface area contributed by atoms with Gasteiger partial charge in [-0.15, -0.1) is 0 Å². The molecule has 0 aliphatic rings. The molecule has 0 saturated carbocycles. The minimum Gasteiger partial charge on any atom is -0.381 e. The molecule has 0 unspecified atom stereocenters. The van der Waals surface area contributed by atoms with Crippen LogP contribution in [0.25, 0.3) is 0 Å². The average molecular weight is 214 g/mol. The van der Waals surface area contributed by atoms with Crippen LogP contribution in [-0.4, -0.2) is 6.54 Å². The molecule has 1 nitrogen and oxygen atoms in total. The maximum Gasteiger partial charge on any atom is 0.126 e. The first-order valence-electron chi connectivity index (χ1n) is 4.41. The van der Waals surface area contributed by atoms with Gasteiger partial charge in [0.15, 0.2) is 0 Å². The highest BCUT2D eigenvalue weighted by Gasteiger charge is 2.02. The van der Waals surface area contributed by atoms with Crippen LogP contribution in [0.5, 0.6) is 0 Å². The van der Waals surface area contributed by atoms with Crippen LogP contribution in [0.4, 0.5) is 10.1 Å². The maximum atomic E-state index is 13.1. The highest BCUT2D eigenvalue weighted by atomic mass is 35.5. The van der Waals surface area contributed by atoms with Gasteiger partial charge < -0.3 is 5.32 Å². The van der Waals surface area contributed by atoms with Crippen molar-refractivity contribution in [3.63, 3.8) is 0 Å². The van der Waals surface area contributed by atoms with E-state index in [4.69, 9.17) is 11.6 Å². The molecule has 0 heterocycles. The Morgan fingerprint density at radius 3 is 2.71 bits per heavy atom. The number of nitrogens with one attached hydrogen (secondary N) is 1. The maximum absolute atomic E-state index is 13.1. The molecular formula is C11H13ClFN. The number of aryl methyl sites for hydroxylation is 2. The molecule has 14 heavy (non-hydrogen) atoms. The van der Waals surface area contributed by atoms with E-state index in [9.17, 15) is 4.39 Å². The van der Waals surface area contributed by atoms with Gasteiger partial charge in [-0.25, -0.2) is 4.39 Å². The number of hydrogen-bond donors (Lipinski definition) is 1. The van der Waals surface area contributed by atoms with E-state index >= 15 is 0 Å². The summed E-state index contributed by atoms with van der Waals surface area (Å²) in [5.74, 6) is -0.166. The van der Waals surface area contributed by atoms with E-state index in [0.29, 0.717) is 12.1 Å². The van der Waals surface area contributed by atoms with E-state index < -0.39 is 0 Å². The van der Waals surface area contributed by atoms with Gasteiger partial charge in [0.1, 0.15) is 5.82 Å². The summed E-state index contributed by atoms with van der Waals surface area (Å²) in [6.07, 6.45) is 1.79. The van der Waals surface area contributed by atoms with Crippen LogP contribution in [-0.2, 0) is 0 Å². The molecule has 0 atom stereocenters. The molecule has 0 radical (unpaired) electrons. The average Bonchev–Trinajstić information content (AvgIpc) is 2.14. The normalized spacial score (nSPS) is 10.9. The van der Waals surface area contributed by atoms with E-state index in [2.05, 4.69) is 5.32 Å². The summed E-state index contributed by atoms with van der Waals surface area (Å²) in [5, 5.41) is 3.14. The molecule has 1 aromatic rings. The number of anilines is 1. The van der Waals surface area contributed by atoms with E-state index in [1.165, 1.54) is 11.6 Å². The van der Waals surface area contributed by atoms with Gasteiger partial charge >= 0.3 is 0 Å². The molecule has 1 rings (SSSR count). The van der Waals surface area contributed by atoms with Crippen molar-refractivity contribution in [3.05, 3.63) is 40.7 Å². The van der Waals surface area contributed by atoms with E-state index in [1.54, 1.807) is 19.1 Å². The molecule has 1 aromatic carbocycles. The fourth-order valence-corrected chi connectivity index (χ4v) is 1.27. The quantitative estimate of drug-likeness (QED) is 0.809. The first kappa shape index (κ1) is 11.1. The Labute approximate surface area is 88.6 Å². The Kier molecular flexibility index (Phi) is 3.96. The largest absolute Gasteiger partial charge is 0.381 e. The summed E-state index contributed by atoms with van der Waals surface area (Å²) in [4.78, 5) is 0. The highest BCUT2D eigenvalue weighted by Crippen LogP contribution is 2.19. The minimum atomic E-state index is -0.166. The van der Waals surface area contributed by atoms with Crippen molar-refractivity contribution < 1.29 is 4.39 Å². The van der Waals surface area contributed by atoms with Crippen molar-refractivity contribution in [2.45, 2.75) is 13.8 Å². The molecular weight excluding hydrogens is 201 g/mol. The van der Waals surface area contributed by atoms with Crippen LogP contribution >= 0.6 is 11.6 Å². The van der Waals surface area contributed by atoms with Gasteiger partial charge in [0, 0.05) is 17.8 Å². The van der Waals surface area contributed by atoms with E-state index in [-0.39, 0.29) is 5.82 Å². The van der Waals surface area contributed by atoms with Crippen molar-refractivity contribution in [2.24, 2.45) is 0 Å². The molecule has 0 amide bonds. The third kappa shape index (κ3) is 2.74. The zero-order valence-electron chi connectivity index (χ0n) is 8.27. The van der Waals surface area contributed by atoms with Gasteiger partial charge in [-0.2, -0.15) is 0 Å². The number of benzene rings is 1. The fraction of sp³-hybridized carbons (Fsp3) is 0.273. The SMILES string of the molecule is Cc1cc(NC/C=C/Cl)c(C)cc1F. The highest BCUT2D eigenvalue weighted by molar-refractivity contribution is 6.25. The van der Waals surface area contributed by atoms with Crippen LogP contribution in [0, 0.1) is 19.7 Å². The molecule has 0 aliphatic carbocycles. The Hall–Kier alpha value is -1.02. The van der Waals surface area contributed by atoms with E-state index in [0.717, 1.165) is 11.3 Å². The number of halogens is 2. The lowest BCUT2D eigenvalue weighted by molar-refractivity contribution is 0.617. The predicted octanol–water partition coefficient (Wildman–Crippen LogP) is 3.61. The van der Waals surface area contributed by atoms with Gasteiger partial charge in [0.25, 0.3) is 0 Å². The smallest absolute Gasteiger partial charge is 0.126 e. The molecule has 1 N–H and O–H groups in total. The lowest BCUT2D eigenvalue weighted by Crippen LogP contribution is -2.01. The molecule has 76 valence electrons. The van der Waals surface area contributed by atoms with Crippen LogP contribution in [0.1, 0.15) is 11.1 Å². The van der Waals surface area contributed by atoms with Crippen LogP contribution < -0.4 is 5.32 Å². The number of rotatable bonds is 3. The van der Waals surface area contributed by atoms with Crippen LogP contribution in [0.2, 0.25) is 0 Å². The summed E-state index contributed by atoms with van der Waals surface area (Å²) >= 11 is 5.38. The third-order valence-corrected chi connectivity index (χ3v) is 2.18. The molecule has 0 saturated heterocycles. The van der Waals surface area contributed by atoms with Crippen molar-refractivity contribution >= 4 is 17.3 Å².